The Morgan fingerprint density at radius 2 is 1.62 bits per heavy atom. The van der Waals surface area contributed by atoms with Crippen molar-refractivity contribution in [2.75, 3.05) is 13.2 Å². The quantitative estimate of drug-likeness (QED) is 0.190. The SMILES string of the molecule is Cn1cnc(-c2nnc3c4cc(-c5ccccc5)c(-c5ccc(CN(CC(C)(C)CO)C(=O)Cn6cnc7ccccc7c6=O)cc5)nc4ccn23)c1. The van der Waals surface area contributed by atoms with Crippen LogP contribution in [0.15, 0.2) is 121 Å². The van der Waals surface area contributed by atoms with E-state index in [2.05, 4.69) is 38.4 Å². The fourth-order valence-corrected chi connectivity index (χ4v) is 6.61. The molecule has 3 aromatic carbocycles. The van der Waals surface area contributed by atoms with E-state index in [0.29, 0.717) is 35.5 Å². The highest BCUT2D eigenvalue weighted by Crippen LogP contribution is 2.35. The van der Waals surface area contributed by atoms with Crippen molar-refractivity contribution in [3.63, 3.8) is 0 Å². The number of benzene rings is 3. The Morgan fingerprint density at radius 3 is 2.38 bits per heavy atom. The van der Waals surface area contributed by atoms with Crippen molar-refractivity contribution in [1.82, 2.24) is 43.6 Å². The Bertz CT molecular complexity index is 2680. The second-order valence-corrected chi connectivity index (χ2v) is 14.1. The van der Waals surface area contributed by atoms with E-state index < -0.39 is 5.41 Å². The van der Waals surface area contributed by atoms with Crippen LogP contribution < -0.4 is 5.56 Å². The largest absolute Gasteiger partial charge is 0.396 e. The molecular weight excluding hydrogens is 667 g/mol. The van der Waals surface area contributed by atoms with E-state index >= 15 is 0 Å². The van der Waals surface area contributed by atoms with Crippen LogP contribution in [-0.4, -0.2) is 67.7 Å². The zero-order valence-corrected chi connectivity index (χ0v) is 29.6. The van der Waals surface area contributed by atoms with Crippen molar-refractivity contribution in [1.29, 1.82) is 0 Å². The van der Waals surface area contributed by atoms with Gasteiger partial charge in [-0.15, -0.1) is 10.2 Å². The van der Waals surface area contributed by atoms with Gasteiger partial charge >= 0.3 is 0 Å². The van der Waals surface area contributed by atoms with Crippen LogP contribution in [0, 0.1) is 5.41 Å². The summed E-state index contributed by atoms with van der Waals surface area (Å²) in [6.45, 7) is 4.13. The molecule has 0 unspecified atom stereocenters. The number of pyridine rings is 2. The highest BCUT2D eigenvalue weighted by molar-refractivity contribution is 5.98. The molecule has 0 fully saturated rings. The molecule has 0 radical (unpaired) electrons. The molecule has 0 atom stereocenters. The molecule has 0 saturated carbocycles. The minimum atomic E-state index is -0.560. The van der Waals surface area contributed by atoms with Crippen molar-refractivity contribution in [2.24, 2.45) is 12.5 Å². The van der Waals surface area contributed by atoms with Gasteiger partial charge in [-0.25, -0.2) is 15.0 Å². The van der Waals surface area contributed by atoms with Gasteiger partial charge in [-0.2, -0.15) is 0 Å². The van der Waals surface area contributed by atoms with Crippen molar-refractivity contribution >= 4 is 33.4 Å². The lowest BCUT2D eigenvalue weighted by atomic mass is 9.93. The molecule has 53 heavy (non-hydrogen) atoms. The highest BCUT2D eigenvalue weighted by atomic mass is 16.3. The van der Waals surface area contributed by atoms with E-state index in [-0.39, 0.29) is 24.6 Å². The summed E-state index contributed by atoms with van der Waals surface area (Å²) >= 11 is 0. The molecule has 12 heteroatoms. The molecule has 1 N–H and O–H groups in total. The molecule has 12 nitrogen and oxygen atoms in total. The highest BCUT2D eigenvalue weighted by Gasteiger charge is 2.26. The second-order valence-electron chi connectivity index (χ2n) is 14.1. The normalized spacial score (nSPS) is 11.8. The molecule has 264 valence electrons. The van der Waals surface area contributed by atoms with Crippen LogP contribution in [0.4, 0.5) is 0 Å². The van der Waals surface area contributed by atoms with Gasteiger partial charge in [0.05, 0.1) is 34.8 Å². The van der Waals surface area contributed by atoms with Crippen LogP contribution in [0.2, 0.25) is 0 Å². The predicted octanol–water partition coefficient (Wildman–Crippen LogP) is 5.77. The van der Waals surface area contributed by atoms with Crippen LogP contribution >= 0.6 is 0 Å². The Labute approximate surface area is 304 Å². The van der Waals surface area contributed by atoms with Crippen LogP contribution in [0.25, 0.3) is 61.4 Å². The molecule has 0 aliphatic rings. The maximum Gasteiger partial charge on any atom is 0.261 e. The number of rotatable bonds is 10. The average molecular weight is 704 g/mol. The number of para-hydroxylation sites is 1. The number of nitrogens with zero attached hydrogens (tertiary/aromatic N) is 9. The average Bonchev–Trinajstić information content (AvgIpc) is 3.82. The first-order chi connectivity index (χ1) is 25.7. The van der Waals surface area contributed by atoms with Gasteiger partial charge in [-0.1, -0.05) is 80.6 Å². The maximum absolute atomic E-state index is 13.8. The van der Waals surface area contributed by atoms with Gasteiger partial charge in [0, 0.05) is 61.1 Å². The Hall–Kier alpha value is -6.53. The smallest absolute Gasteiger partial charge is 0.261 e. The predicted molar refractivity (Wildman–Crippen MR) is 204 cm³/mol. The summed E-state index contributed by atoms with van der Waals surface area (Å²) in [4.78, 5) is 42.7. The number of aliphatic hydroxyl groups is 1. The first kappa shape index (κ1) is 33.6. The number of amides is 1. The monoisotopic (exact) mass is 703 g/mol. The Balaban J connectivity index is 1.13. The first-order valence-corrected chi connectivity index (χ1v) is 17.3. The van der Waals surface area contributed by atoms with Crippen molar-refractivity contribution in [2.45, 2.75) is 26.9 Å². The van der Waals surface area contributed by atoms with Gasteiger partial charge in [0.1, 0.15) is 12.2 Å². The molecule has 0 saturated heterocycles. The molecule has 8 rings (SSSR count). The lowest BCUT2D eigenvalue weighted by Gasteiger charge is -2.32. The van der Waals surface area contributed by atoms with Gasteiger partial charge in [0.2, 0.25) is 5.91 Å². The maximum atomic E-state index is 13.8. The molecule has 0 aliphatic heterocycles. The zero-order chi connectivity index (χ0) is 36.7. The summed E-state index contributed by atoms with van der Waals surface area (Å²) in [5.74, 6) is 0.405. The van der Waals surface area contributed by atoms with E-state index in [1.807, 2.05) is 96.9 Å². The Morgan fingerprint density at radius 1 is 0.849 bits per heavy atom. The lowest BCUT2D eigenvalue weighted by Crippen LogP contribution is -2.42. The Kier molecular flexibility index (Phi) is 8.59. The summed E-state index contributed by atoms with van der Waals surface area (Å²) in [7, 11) is 1.92. The summed E-state index contributed by atoms with van der Waals surface area (Å²) in [5.41, 5.74) is 6.50. The molecule has 0 bridgehead atoms. The first-order valence-electron chi connectivity index (χ1n) is 17.3. The lowest BCUT2D eigenvalue weighted by molar-refractivity contribution is -0.134. The molecule has 5 aromatic heterocycles. The molecule has 5 heterocycles. The third-order valence-electron chi connectivity index (χ3n) is 9.43. The van der Waals surface area contributed by atoms with Crippen molar-refractivity contribution in [3.8, 4) is 33.9 Å². The van der Waals surface area contributed by atoms with Crippen LogP contribution in [0.3, 0.4) is 0 Å². The zero-order valence-electron chi connectivity index (χ0n) is 29.6. The van der Waals surface area contributed by atoms with E-state index in [4.69, 9.17) is 4.98 Å². The number of hydrogen-bond acceptors (Lipinski definition) is 8. The van der Waals surface area contributed by atoms with E-state index in [1.165, 1.54) is 10.9 Å². The van der Waals surface area contributed by atoms with Crippen molar-refractivity contribution in [3.05, 3.63) is 132 Å². The number of imidazole rings is 1. The third-order valence-corrected chi connectivity index (χ3v) is 9.43. The fraction of sp³-hybridized carbons (Fsp3) is 0.195. The van der Waals surface area contributed by atoms with Gasteiger partial charge in [0.15, 0.2) is 11.5 Å². The second kappa shape index (κ2) is 13.5. The van der Waals surface area contributed by atoms with Crippen LogP contribution in [0.5, 0.6) is 0 Å². The van der Waals surface area contributed by atoms with Gasteiger partial charge in [0.25, 0.3) is 5.56 Å². The van der Waals surface area contributed by atoms with E-state index in [0.717, 1.165) is 44.5 Å². The third kappa shape index (κ3) is 6.56. The molecule has 8 aromatic rings. The van der Waals surface area contributed by atoms with Crippen LogP contribution in [0.1, 0.15) is 19.4 Å². The van der Waals surface area contributed by atoms with E-state index in [9.17, 15) is 14.7 Å². The summed E-state index contributed by atoms with van der Waals surface area (Å²) in [6, 6.07) is 29.3. The summed E-state index contributed by atoms with van der Waals surface area (Å²) in [6.07, 6.45) is 6.99. The minimum absolute atomic E-state index is 0.103. The number of carbonyl (C=O) groups is 1. The standard InChI is InChI=1S/C41H37N9O3/c1-41(2,24-51)23-48(36(52)22-49-26-43-33-12-8-7-11-30(33)40(49)53)20-27-13-15-29(16-14-27)37-31(28-9-5-4-6-10-28)19-32-34(44-37)17-18-50-38(32)45-46-39(50)35-21-47(3)25-42-35/h4-19,21,25-26,51H,20,22-24H2,1-3H3. The molecule has 0 aliphatic carbocycles. The topological polar surface area (TPSA) is 136 Å². The minimum Gasteiger partial charge on any atom is -0.396 e. The van der Waals surface area contributed by atoms with Crippen molar-refractivity contribution < 1.29 is 9.90 Å². The molecular formula is C41H37N9O3. The fourth-order valence-electron chi connectivity index (χ4n) is 6.61. The van der Waals surface area contributed by atoms with Gasteiger partial charge < -0.3 is 14.6 Å². The molecule has 0 spiro atoms. The number of aryl methyl sites for hydroxylation is 1. The summed E-state index contributed by atoms with van der Waals surface area (Å²) < 4.78 is 5.16. The van der Waals surface area contributed by atoms with Crippen LogP contribution in [-0.2, 0) is 24.9 Å². The number of aromatic nitrogens is 8. The summed E-state index contributed by atoms with van der Waals surface area (Å²) in [5, 5.41) is 20.4. The number of hydrogen-bond donors (Lipinski definition) is 1. The number of fused-ring (bicyclic) bond motifs is 4. The van der Waals surface area contributed by atoms with Gasteiger partial charge in [-0.3, -0.25) is 18.6 Å². The number of carbonyl (C=O) groups excluding carboxylic acids is 1. The number of aliphatic hydroxyl groups excluding tert-OH is 1. The molecule has 1 amide bonds. The van der Waals surface area contributed by atoms with E-state index in [1.54, 1.807) is 29.4 Å². The van der Waals surface area contributed by atoms with Gasteiger partial charge in [-0.05, 0) is 35.4 Å².